The number of carbonyl (C=O) groups excluding carboxylic acids is 2. The summed E-state index contributed by atoms with van der Waals surface area (Å²) in [4.78, 5) is 24.0. The minimum atomic E-state index is -0.303. The van der Waals surface area contributed by atoms with Crippen LogP contribution in [-0.4, -0.2) is 33.9 Å². The van der Waals surface area contributed by atoms with Crippen molar-refractivity contribution in [3.63, 3.8) is 0 Å². The first-order valence-corrected chi connectivity index (χ1v) is 10.3. The highest BCUT2D eigenvalue weighted by Crippen LogP contribution is 2.31. The first kappa shape index (κ1) is 21.9. The quantitative estimate of drug-likeness (QED) is 0.385. The Labute approximate surface area is 158 Å². The van der Waals surface area contributed by atoms with E-state index in [1.165, 1.54) is 23.1 Å². The van der Waals surface area contributed by atoms with Gasteiger partial charge in [-0.2, -0.15) is 0 Å². The summed E-state index contributed by atoms with van der Waals surface area (Å²) in [7, 11) is 0. The Kier molecular flexibility index (Phi) is 8.85. The van der Waals surface area contributed by atoms with Crippen molar-refractivity contribution in [2.24, 2.45) is 11.3 Å². The number of ether oxygens (including phenoxy) is 1. The van der Waals surface area contributed by atoms with Gasteiger partial charge in [0.2, 0.25) is 11.0 Å². The van der Waals surface area contributed by atoms with Gasteiger partial charge in [0.05, 0.1) is 6.61 Å². The predicted molar refractivity (Wildman–Crippen MR) is 103 cm³/mol. The van der Waals surface area contributed by atoms with Crippen LogP contribution in [0.15, 0.2) is 4.34 Å². The molecule has 1 aromatic heterocycles. The lowest BCUT2D eigenvalue weighted by Gasteiger charge is -2.22. The van der Waals surface area contributed by atoms with Crippen molar-refractivity contribution < 1.29 is 14.3 Å². The fraction of sp³-hybridized carbons (Fsp3) is 0.765. The predicted octanol–water partition coefficient (Wildman–Crippen LogP) is 4.37. The number of hydrogen-bond donors (Lipinski definition) is 1. The number of esters is 1. The van der Waals surface area contributed by atoms with Crippen molar-refractivity contribution in [3.05, 3.63) is 0 Å². The average Bonchev–Trinajstić information content (AvgIpc) is 2.89. The number of nitrogens with zero attached hydrogens (tertiary/aromatic N) is 2. The molecule has 0 aliphatic carbocycles. The Morgan fingerprint density at radius 3 is 2.52 bits per heavy atom. The summed E-state index contributed by atoms with van der Waals surface area (Å²) in [5.74, 6) is 0.00345. The molecule has 25 heavy (non-hydrogen) atoms. The zero-order valence-electron chi connectivity index (χ0n) is 15.9. The smallest absolute Gasteiger partial charge is 0.319 e. The number of thioether (sulfide) groups is 1. The van der Waals surface area contributed by atoms with Crippen LogP contribution in [0.4, 0.5) is 5.13 Å². The minimum Gasteiger partial charge on any atom is -0.465 e. The second-order valence-corrected chi connectivity index (χ2v) is 9.69. The molecule has 1 aromatic rings. The largest absolute Gasteiger partial charge is 0.465 e. The Hall–Kier alpha value is -1.15. The fourth-order valence-corrected chi connectivity index (χ4v) is 4.50. The van der Waals surface area contributed by atoms with Gasteiger partial charge in [0.25, 0.3) is 0 Å². The molecule has 0 aromatic carbocycles. The number of nitrogens with one attached hydrogen (secondary N) is 1. The summed E-state index contributed by atoms with van der Waals surface area (Å²) in [5.41, 5.74) is 0.203. The Morgan fingerprint density at radius 1 is 1.28 bits per heavy atom. The lowest BCUT2D eigenvalue weighted by Crippen LogP contribution is -2.19. The van der Waals surface area contributed by atoms with E-state index < -0.39 is 0 Å². The summed E-state index contributed by atoms with van der Waals surface area (Å²) in [6, 6.07) is 0. The number of aromatic nitrogens is 2. The summed E-state index contributed by atoms with van der Waals surface area (Å²) < 4.78 is 5.70. The molecular formula is C17H29N3O3S2. The van der Waals surface area contributed by atoms with Crippen LogP contribution >= 0.6 is 23.1 Å². The molecule has 6 nitrogen and oxygen atoms in total. The van der Waals surface area contributed by atoms with Crippen molar-refractivity contribution in [2.45, 2.75) is 70.4 Å². The van der Waals surface area contributed by atoms with Crippen LogP contribution in [0.3, 0.4) is 0 Å². The summed E-state index contributed by atoms with van der Waals surface area (Å²) in [6.45, 7) is 12.7. The third-order valence-corrected chi connectivity index (χ3v) is 5.58. The SMILES string of the molecule is CCOC(=O)[C@H](CC)Sc1nnc(NC(=O)C[C@@H](C)CC(C)(C)C)s1. The molecule has 1 heterocycles. The fourth-order valence-electron chi connectivity index (χ4n) is 2.57. The van der Waals surface area contributed by atoms with Crippen LogP contribution in [-0.2, 0) is 14.3 Å². The number of carbonyl (C=O) groups is 2. The second-order valence-electron chi connectivity index (χ2n) is 7.26. The van der Waals surface area contributed by atoms with Crippen LogP contribution in [0.2, 0.25) is 0 Å². The molecule has 0 spiro atoms. The van der Waals surface area contributed by atoms with E-state index in [1.54, 1.807) is 6.92 Å². The van der Waals surface area contributed by atoms with Gasteiger partial charge in [0.15, 0.2) is 4.34 Å². The second kappa shape index (κ2) is 10.1. The molecule has 0 unspecified atom stereocenters. The number of amides is 1. The molecule has 0 aliphatic rings. The maximum Gasteiger partial charge on any atom is 0.319 e. The van der Waals surface area contributed by atoms with E-state index in [4.69, 9.17) is 4.74 Å². The summed E-state index contributed by atoms with van der Waals surface area (Å²) >= 11 is 2.61. The van der Waals surface area contributed by atoms with Crippen LogP contribution in [0.1, 0.15) is 60.8 Å². The van der Waals surface area contributed by atoms with E-state index in [9.17, 15) is 9.59 Å². The highest BCUT2D eigenvalue weighted by molar-refractivity contribution is 8.02. The monoisotopic (exact) mass is 387 g/mol. The van der Waals surface area contributed by atoms with Gasteiger partial charge in [0, 0.05) is 6.42 Å². The van der Waals surface area contributed by atoms with Gasteiger partial charge in [-0.1, -0.05) is 57.7 Å². The number of rotatable bonds is 9. The van der Waals surface area contributed by atoms with Crippen LogP contribution < -0.4 is 5.32 Å². The van der Waals surface area contributed by atoms with Crippen LogP contribution in [0.5, 0.6) is 0 Å². The minimum absolute atomic E-state index is 0.0538. The highest BCUT2D eigenvalue weighted by atomic mass is 32.2. The maximum atomic E-state index is 12.1. The third kappa shape index (κ3) is 8.67. The summed E-state index contributed by atoms with van der Waals surface area (Å²) in [6.07, 6.45) is 2.09. The Bertz CT molecular complexity index is 570. The molecule has 0 aliphatic heterocycles. The lowest BCUT2D eigenvalue weighted by atomic mass is 9.84. The molecule has 1 amide bonds. The van der Waals surface area contributed by atoms with E-state index in [2.05, 4.69) is 43.2 Å². The third-order valence-electron chi connectivity index (χ3n) is 3.31. The standard InChI is InChI=1S/C17H29N3O3S2/c1-7-12(14(22)23-8-2)24-16-20-19-15(25-16)18-13(21)9-11(3)10-17(4,5)6/h11-12H,7-10H2,1-6H3,(H,18,19,21)/t11-,12+/m1/s1. The van der Waals surface area contributed by atoms with Crippen molar-refractivity contribution in [2.75, 3.05) is 11.9 Å². The first-order valence-electron chi connectivity index (χ1n) is 8.61. The number of anilines is 1. The highest BCUT2D eigenvalue weighted by Gasteiger charge is 2.22. The molecule has 1 N–H and O–H groups in total. The van der Waals surface area contributed by atoms with Crippen molar-refractivity contribution in [1.29, 1.82) is 0 Å². The molecule has 0 radical (unpaired) electrons. The zero-order valence-corrected chi connectivity index (χ0v) is 17.6. The van der Waals surface area contributed by atoms with Gasteiger partial charge >= 0.3 is 5.97 Å². The van der Waals surface area contributed by atoms with Gasteiger partial charge in [-0.05, 0) is 31.1 Å². The van der Waals surface area contributed by atoms with Gasteiger partial charge in [-0.25, -0.2) is 0 Å². The topological polar surface area (TPSA) is 81.2 Å². The van der Waals surface area contributed by atoms with Gasteiger partial charge in [-0.15, -0.1) is 10.2 Å². The van der Waals surface area contributed by atoms with E-state index in [0.29, 0.717) is 34.8 Å². The van der Waals surface area contributed by atoms with E-state index in [0.717, 1.165) is 6.42 Å². The normalized spacial score (nSPS) is 14.0. The average molecular weight is 388 g/mol. The molecule has 2 atom stereocenters. The van der Waals surface area contributed by atoms with Gasteiger partial charge in [0.1, 0.15) is 5.25 Å². The number of hydrogen-bond acceptors (Lipinski definition) is 7. The van der Waals surface area contributed by atoms with Crippen molar-refractivity contribution in [3.8, 4) is 0 Å². The van der Waals surface area contributed by atoms with E-state index in [-0.39, 0.29) is 22.5 Å². The molecule has 142 valence electrons. The van der Waals surface area contributed by atoms with Crippen LogP contribution in [0, 0.1) is 11.3 Å². The zero-order chi connectivity index (χ0) is 19.0. The molecule has 0 saturated carbocycles. The van der Waals surface area contributed by atoms with E-state index >= 15 is 0 Å². The Morgan fingerprint density at radius 2 is 1.96 bits per heavy atom. The van der Waals surface area contributed by atoms with Crippen molar-refractivity contribution >= 4 is 40.1 Å². The van der Waals surface area contributed by atoms with E-state index in [1.807, 2.05) is 6.92 Å². The first-order chi connectivity index (χ1) is 11.6. The lowest BCUT2D eigenvalue weighted by molar-refractivity contribution is -0.142. The molecule has 1 rings (SSSR count). The maximum absolute atomic E-state index is 12.1. The van der Waals surface area contributed by atoms with Crippen LogP contribution in [0.25, 0.3) is 0 Å². The van der Waals surface area contributed by atoms with Gasteiger partial charge < -0.3 is 10.1 Å². The molecule has 0 bridgehead atoms. The summed E-state index contributed by atoms with van der Waals surface area (Å²) in [5, 5.41) is 11.0. The molecule has 0 saturated heterocycles. The molecule has 8 heteroatoms. The molecular weight excluding hydrogens is 358 g/mol. The Balaban J connectivity index is 2.54. The molecule has 0 fully saturated rings. The van der Waals surface area contributed by atoms with Gasteiger partial charge in [-0.3, -0.25) is 9.59 Å². The van der Waals surface area contributed by atoms with Crippen molar-refractivity contribution in [1.82, 2.24) is 10.2 Å².